The molecule has 0 amide bonds. The first-order chi connectivity index (χ1) is 7.77. The molecule has 0 fully saturated rings. The van der Waals surface area contributed by atoms with Crippen LogP contribution in [0, 0.1) is 5.92 Å². The van der Waals surface area contributed by atoms with E-state index in [1.807, 2.05) is 20.8 Å². The van der Waals surface area contributed by atoms with Crippen molar-refractivity contribution in [3.05, 3.63) is 10.8 Å². The van der Waals surface area contributed by atoms with Gasteiger partial charge in [0.05, 0.1) is 5.69 Å². The molecule has 0 saturated carbocycles. The summed E-state index contributed by atoms with van der Waals surface area (Å²) in [5, 5.41) is 4.34. The fraction of sp³-hybridized carbons (Fsp3) is 0.700. The van der Waals surface area contributed by atoms with Gasteiger partial charge in [0, 0.05) is 17.2 Å². The summed E-state index contributed by atoms with van der Waals surface area (Å²) in [6, 6.07) is 0. The zero-order valence-electron chi connectivity index (χ0n) is 10.1. The molecule has 7 heteroatoms. The molecule has 1 aromatic rings. The van der Waals surface area contributed by atoms with Gasteiger partial charge >= 0.3 is 0 Å². The van der Waals surface area contributed by atoms with Crippen LogP contribution in [0.2, 0.25) is 5.15 Å². The lowest BCUT2D eigenvalue weighted by Crippen LogP contribution is -2.02. The van der Waals surface area contributed by atoms with Crippen molar-refractivity contribution < 1.29 is 8.42 Å². The summed E-state index contributed by atoms with van der Waals surface area (Å²) in [4.78, 5) is -0.0389. The standard InChI is InChI=1S/C10H16Cl2N2O2S/c1-4-5-14-10(11)9(17(12,15)16)8(13-14)6-7(2)3/h7H,4-6H2,1-3H3. The Morgan fingerprint density at radius 1 is 1.41 bits per heavy atom. The molecule has 0 bridgehead atoms. The van der Waals surface area contributed by atoms with Crippen LogP contribution in [0.4, 0.5) is 0 Å². The summed E-state index contributed by atoms with van der Waals surface area (Å²) >= 11 is 6.01. The smallest absolute Gasteiger partial charge is 0.252 e. The maximum Gasteiger partial charge on any atom is 0.266 e. The SMILES string of the molecule is CCCn1nc(CC(C)C)c(S(=O)(=O)Cl)c1Cl. The van der Waals surface area contributed by atoms with Gasteiger partial charge in [-0.3, -0.25) is 4.68 Å². The molecule has 98 valence electrons. The van der Waals surface area contributed by atoms with Gasteiger partial charge in [0.1, 0.15) is 10.0 Å². The summed E-state index contributed by atoms with van der Waals surface area (Å²) in [6.45, 7) is 6.51. The highest BCUT2D eigenvalue weighted by molar-refractivity contribution is 8.13. The second-order valence-electron chi connectivity index (χ2n) is 4.33. The van der Waals surface area contributed by atoms with E-state index in [1.54, 1.807) is 0 Å². The van der Waals surface area contributed by atoms with Gasteiger partial charge in [-0.25, -0.2) is 8.42 Å². The molecule has 4 nitrogen and oxygen atoms in total. The van der Waals surface area contributed by atoms with Crippen LogP contribution in [0.1, 0.15) is 32.9 Å². The molecule has 0 aliphatic heterocycles. The number of aryl methyl sites for hydroxylation is 1. The van der Waals surface area contributed by atoms with Crippen molar-refractivity contribution in [3.63, 3.8) is 0 Å². The first-order valence-corrected chi connectivity index (χ1v) is 8.16. The summed E-state index contributed by atoms with van der Waals surface area (Å²) in [5.41, 5.74) is 0.452. The highest BCUT2D eigenvalue weighted by Gasteiger charge is 2.26. The number of hydrogen-bond donors (Lipinski definition) is 0. The molecule has 0 aliphatic rings. The van der Waals surface area contributed by atoms with Crippen molar-refractivity contribution in [3.8, 4) is 0 Å². The molecule has 0 saturated heterocycles. The number of nitrogens with zero attached hydrogens (tertiary/aromatic N) is 2. The van der Waals surface area contributed by atoms with Crippen molar-refractivity contribution in [1.82, 2.24) is 9.78 Å². The van der Waals surface area contributed by atoms with Gasteiger partial charge in [-0.2, -0.15) is 5.10 Å². The van der Waals surface area contributed by atoms with E-state index in [4.69, 9.17) is 22.3 Å². The zero-order valence-corrected chi connectivity index (χ0v) is 12.4. The van der Waals surface area contributed by atoms with Crippen LogP contribution >= 0.6 is 22.3 Å². The van der Waals surface area contributed by atoms with E-state index in [2.05, 4.69) is 5.10 Å². The molecular weight excluding hydrogens is 283 g/mol. The second-order valence-corrected chi connectivity index (χ2v) is 7.19. The van der Waals surface area contributed by atoms with E-state index >= 15 is 0 Å². The molecule has 1 heterocycles. The van der Waals surface area contributed by atoms with Crippen LogP contribution in [0.15, 0.2) is 4.90 Å². The fourth-order valence-electron chi connectivity index (χ4n) is 1.59. The molecule has 0 aromatic carbocycles. The van der Waals surface area contributed by atoms with Gasteiger partial charge in [-0.1, -0.05) is 32.4 Å². The van der Waals surface area contributed by atoms with Gasteiger partial charge in [-0.05, 0) is 18.8 Å². The molecule has 0 spiro atoms. The Morgan fingerprint density at radius 3 is 2.41 bits per heavy atom. The topological polar surface area (TPSA) is 52.0 Å². The molecule has 1 rings (SSSR count). The molecule has 0 aliphatic carbocycles. The molecular formula is C10H16Cl2N2O2S. The molecule has 0 radical (unpaired) electrons. The monoisotopic (exact) mass is 298 g/mol. The van der Waals surface area contributed by atoms with Crippen molar-refractivity contribution in [1.29, 1.82) is 0 Å². The Kier molecular flexibility index (Phi) is 4.86. The van der Waals surface area contributed by atoms with Gasteiger partial charge in [0.2, 0.25) is 0 Å². The first kappa shape index (κ1) is 14.8. The molecule has 1 aromatic heterocycles. The Balaban J connectivity index is 3.32. The van der Waals surface area contributed by atoms with Crippen LogP contribution in [-0.2, 0) is 22.0 Å². The number of halogens is 2. The third-order valence-corrected chi connectivity index (χ3v) is 4.07. The summed E-state index contributed by atoms with van der Waals surface area (Å²) < 4.78 is 24.5. The highest BCUT2D eigenvalue weighted by Crippen LogP contribution is 2.30. The summed E-state index contributed by atoms with van der Waals surface area (Å²) in [5.74, 6) is 0.285. The third-order valence-electron chi connectivity index (χ3n) is 2.20. The Labute approximate surface area is 111 Å². The van der Waals surface area contributed by atoms with Crippen LogP contribution in [0.5, 0.6) is 0 Å². The summed E-state index contributed by atoms with van der Waals surface area (Å²) in [6.07, 6.45) is 1.36. The number of aromatic nitrogens is 2. The molecule has 0 atom stereocenters. The molecule has 0 unspecified atom stereocenters. The van der Waals surface area contributed by atoms with Crippen molar-refractivity contribution in [2.75, 3.05) is 0 Å². The highest BCUT2D eigenvalue weighted by atomic mass is 35.7. The van der Waals surface area contributed by atoms with Crippen molar-refractivity contribution >= 4 is 31.3 Å². The van der Waals surface area contributed by atoms with Gasteiger partial charge < -0.3 is 0 Å². The lowest BCUT2D eigenvalue weighted by Gasteiger charge is -2.02. The minimum Gasteiger partial charge on any atom is -0.252 e. The summed E-state index contributed by atoms with van der Waals surface area (Å²) in [7, 11) is 1.55. The largest absolute Gasteiger partial charge is 0.266 e. The van der Waals surface area contributed by atoms with E-state index in [0.29, 0.717) is 18.7 Å². The molecule has 17 heavy (non-hydrogen) atoms. The van der Waals surface area contributed by atoms with E-state index in [-0.39, 0.29) is 16.0 Å². The van der Waals surface area contributed by atoms with Gasteiger partial charge in [0.15, 0.2) is 0 Å². The zero-order chi connectivity index (χ0) is 13.2. The molecule has 0 N–H and O–H groups in total. The predicted octanol–water partition coefficient (Wildman–Crippen LogP) is 3.07. The predicted molar refractivity (Wildman–Crippen MR) is 69.1 cm³/mol. The lowest BCUT2D eigenvalue weighted by atomic mass is 10.1. The Hall–Kier alpha value is -0.260. The van der Waals surface area contributed by atoms with Crippen LogP contribution < -0.4 is 0 Å². The van der Waals surface area contributed by atoms with Gasteiger partial charge in [-0.15, -0.1) is 0 Å². The van der Waals surface area contributed by atoms with E-state index in [1.165, 1.54) is 4.68 Å². The minimum atomic E-state index is -3.85. The van der Waals surface area contributed by atoms with Crippen molar-refractivity contribution in [2.24, 2.45) is 5.92 Å². The number of hydrogen-bond acceptors (Lipinski definition) is 3. The quantitative estimate of drug-likeness (QED) is 0.785. The van der Waals surface area contributed by atoms with E-state index in [0.717, 1.165) is 6.42 Å². The third kappa shape index (κ3) is 3.60. The number of rotatable bonds is 5. The maximum atomic E-state index is 11.5. The minimum absolute atomic E-state index is 0.0389. The van der Waals surface area contributed by atoms with E-state index < -0.39 is 9.05 Å². The average Bonchev–Trinajstić information content (AvgIpc) is 2.41. The average molecular weight is 299 g/mol. The normalized spacial score (nSPS) is 12.4. The van der Waals surface area contributed by atoms with Crippen molar-refractivity contribution in [2.45, 2.75) is 45.1 Å². The van der Waals surface area contributed by atoms with Gasteiger partial charge in [0.25, 0.3) is 9.05 Å². The first-order valence-electron chi connectivity index (χ1n) is 5.47. The Bertz CT molecular complexity index is 495. The fourth-order valence-corrected chi connectivity index (χ4v) is 3.45. The second kappa shape index (κ2) is 5.59. The maximum absolute atomic E-state index is 11.5. The van der Waals surface area contributed by atoms with Crippen LogP contribution in [-0.4, -0.2) is 18.2 Å². The van der Waals surface area contributed by atoms with Crippen LogP contribution in [0.3, 0.4) is 0 Å². The lowest BCUT2D eigenvalue weighted by molar-refractivity contribution is 0.573. The van der Waals surface area contributed by atoms with E-state index in [9.17, 15) is 8.42 Å². The van der Waals surface area contributed by atoms with Crippen LogP contribution in [0.25, 0.3) is 0 Å². The Morgan fingerprint density at radius 2 is 2.00 bits per heavy atom.